The lowest BCUT2D eigenvalue weighted by molar-refractivity contribution is -0.202. The van der Waals surface area contributed by atoms with Gasteiger partial charge in [-0.1, -0.05) is 5.92 Å². The summed E-state index contributed by atoms with van der Waals surface area (Å²) in [6.45, 7) is 6.81. The van der Waals surface area contributed by atoms with Crippen LogP contribution in [0.2, 0.25) is 0 Å². The highest BCUT2D eigenvalue weighted by Crippen LogP contribution is 2.23. The number of anilines is 1. The van der Waals surface area contributed by atoms with E-state index in [2.05, 4.69) is 26.9 Å². The lowest BCUT2D eigenvalue weighted by atomic mass is 10.3. The highest BCUT2D eigenvalue weighted by molar-refractivity contribution is 5.90. The number of carbonyl (C=O) groups is 2. The molecule has 0 radical (unpaired) electrons. The van der Waals surface area contributed by atoms with Gasteiger partial charge in [-0.05, 0) is 20.8 Å². The smallest absolute Gasteiger partial charge is 0.385 e. The molecule has 12 nitrogen and oxygen atoms in total. The van der Waals surface area contributed by atoms with Crippen LogP contribution in [-0.4, -0.2) is 76.2 Å². The van der Waals surface area contributed by atoms with Crippen molar-refractivity contribution in [3.05, 3.63) is 20.8 Å². The summed E-state index contributed by atoms with van der Waals surface area (Å²) >= 11 is 0. The Morgan fingerprint density at radius 3 is 2.46 bits per heavy atom. The van der Waals surface area contributed by atoms with Crippen LogP contribution in [-0.2, 0) is 32.2 Å². The summed E-state index contributed by atoms with van der Waals surface area (Å²) in [7, 11) is 0. The molecule has 0 saturated carbocycles. The van der Waals surface area contributed by atoms with Gasteiger partial charge in [0.25, 0.3) is 5.56 Å². The van der Waals surface area contributed by atoms with E-state index in [9.17, 15) is 32.3 Å². The standard InChI is InChI=1S/C22H27F3N6O6/c1-4-6-9-29-15-16(27-20(29)28-10-7-26-8-11-28)31(14(3)18(33)37-19(34)22(23,24)25)21(35)30(17(15)32)12-13-36-5-2/h14,26H,5,7-13H2,1-3H3. The maximum atomic E-state index is 13.5. The Balaban J connectivity index is 2.27. The molecule has 2 aromatic rings. The van der Waals surface area contributed by atoms with Gasteiger partial charge in [0.05, 0.1) is 19.7 Å². The van der Waals surface area contributed by atoms with E-state index in [0.717, 1.165) is 16.1 Å². The summed E-state index contributed by atoms with van der Waals surface area (Å²) in [5.41, 5.74) is -2.05. The Kier molecular flexibility index (Phi) is 8.77. The monoisotopic (exact) mass is 528 g/mol. The highest BCUT2D eigenvalue weighted by Gasteiger charge is 2.43. The second-order valence-corrected chi connectivity index (χ2v) is 8.02. The first-order chi connectivity index (χ1) is 17.5. The van der Waals surface area contributed by atoms with E-state index in [1.807, 2.05) is 4.90 Å². The molecule has 0 aliphatic carbocycles. The zero-order valence-electron chi connectivity index (χ0n) is 20.6. The first kappa shape index (κ1) is 27.9. The Hall–Kier alpha value is -3.64. The predicted molar refractivity (Wildman–Crippen MR) is 125 cm³/mol. The van der Waals surface area contributed by atoms with Gasteiger partial charge in [0.15, 0.2) is 11.2 Å². The van der Waals surface area contributed by atoms with Crippen LogP contribution in [0.5, 0.6) is 0 Å². The van der Waals surface area contributed by atoms with Gasteiger partial charge in [0.1, 0.15) is 6.04 Å². The van der Waals surface area contributed by atoms with Crippen LogP contribution in [0, 0.1) is 11.8 Å². The molecular weight excluding hydrogens is 501 g/mol. The molecule has 1 N–H and O–H groups in total. The summed E-state index contributed by atoms with van der Waals surface area (Å²) in [5.74, 6) is 1.55. The summed E-state index contributed by atoms with van der Waals surface area (Å²) in [4.78, 5) is 57.0. The molecule has 202 valence electrons. The van der Waals surface area contributed by atoms with Crippen molar-refractivity contribution in [3.63, 3.8) is 0 Å². The Morgan fingerprint density at radius 1 is 1.19 bits per heavy atom. The SMILES string of the molecule is CC#CCn1c(N2CCNCC2)nc2c1c(=O)n(CCOCC)c(=O)n2C(C)C(=O)OC(=O)C(F)(F)F. The Morgan fingerprint density at radius 2 is 1.86 bits per heavy atom. The number of esters is 2. The minimum atomic E-state index is -5.41. The van der Waals surface area contributed by atoms with Crippen molar-refractivity contribution in [1.29, 1.82) is 0 Å². The largest absolute Gasteiger partial charge is 0.491 e. The topological polar surface area (TPSA) is 130 Å². The van der Waals surface area contributed by atoms with Gasteiger partial charge in [-0.3, -0.25) is 18.5 Å². The molecule has 1 saturated heterocycles. The Bertz CT molecular complexity index is 1340. The van der Waals surface area contributed by atoms with Crippen LogP contribution in [0.1, 0.15) is 26.8 Å². The van der Waals surface area contributed by atoms with Gasteiger partial charge in [-0.2, -0.15) is 18.2 Å². The number of halogens is 3. The molecule has 3 rings (SSSR count). The number of carbonyl (C=O) groups excluding carboxylic acids is 2. The molecule has 3 heterocycles. The molecule has 1 atom stereocenters. The number of imidazole rings is 1. The number of alkyl halides is 3. The molecule has 37 heavy (non-hydrogen) atoms. The number of ether oxygens (including phenoxy) is 2. The fourth-order valence-electron chi connectivity index (χ4n) is 3.84. The van der Waals surface area contributed by atoms with Crippen LogP contribution in [0.4, 0.5) is 19.1 Å². The highest BCUT2D eigenvalue weighted by atomic mass is 19.4. The average molecular weight is 528 g/mol. The fraction of sp³-hybridized carbons (Fsp3) is 0.591. The fourth-order valence-corrected chi connectivity index (χ4v) is 3.84. The number of hydrogen-bond donors (Lipinski definition) is 1. The third kappa shape index (κ3) is 5.86. The van der Waals surface area contributed by atoms with Crippen LogP contribution in [0.25, 0.3) is 11.2 Å². The number of nitrogens with zero attached hydrogens (tertiary/aromatic N) is 5. The molecule has 15 heteroatoms. The van der Waals surface area contributed by atoms with E-state index < -0.39 is 35.4 Å². The van der Waals surface area contributed by atoms with Crippen molar-refractivity contribution >= 4 is 29.1 Å². The zero-order valence-corrected chi connectivity index (χ0v) is 20.6. The molecule has 1 aliphatic heterocycles. The second-order valence-electron chi connectivity index (χ2n) is 8.02. The van der Waals surface area contributed by atoms with Crippen LogP contribution in [0.3, 0.4) is 0 Å². The number of piperazine rings is 1. The van der Waals surface area contributed by atoms with Gasteiger partial charge < -0.3 is 19.7 Å². The minimum Gasteiger partial charge on any atom is -0.385 e. The molecule has 1 unspecified atom stereocenters. The van der Waals surface area contributed by atoms with E-state index in [0.29, 0.717) is 38.7 Å². The summed E-state index contributed by atoms with van der Waals surface area (Å²) in [6, 6.07) is -1.73. The molecule has 1 aliphatic rings. The van der Waals surface area contributed by atoms with Gasteiger partial charge >= 0.3 is 23.8 Å². The van der Waals surface area contributed by atoms with Crippen molar-refractivity contribution in [1.82, 2.24) is 24.0 Å². The van der Waals surface area contributed by atoms with E-state index in [1.165, 1.54) is 4.57 Å². The lowest BCUT2D eigenvalue weighted by Crippen LogP contribution is -2.45. The van der Waals surface area contributed by atoms with E-state index in [1.54, 1.807) is 13.8 Å². The van der Waals surface area contributed by atoms with Gasteiger partial charge in [0, 0.05) is 32.8 Å². The number of aromatic nitrogens is 4. The molecule has 0 amide bonds. The predicted octanol–water partition coefficient (Wildman–Crippen LogP) is 0.0222. The van der Waals surface area contributed by atoms with Crippen molar-refractivity contribution in [2.75, 3.05) is 44.3 Å². The van der Waals surface area contributed by atoms with Crippen LogP contribution < -0.4 is 21.5 Å². The summed E-state index contributed by atoms with van der Waals surface area (Å²) in [5, 5.41) is 3.19. The third-order valence-corrected chi connectivity index (χ3v) is 5.67. The van der Waals surface area contributed by atoms with E-state index in [4.69, 9.17) is 4.74 Å². The van der Waals surface area contributed by atoms with Gasteiger partial charge in [-0.15, -0.1) is 5.92 Å². The molecule has 1 fully saturated rings. The second kappa shape index (κ2) is 11.6. The van der Waals surface area contributed by atoms with E-state index >= 15 is 0 Å². The summed E-state index contributed by atoms with van der Waals surface area (Å²) in [6.07, 6.45) is -5.41. The molecular formula is C22H27F3N6O6. The summed E-state index contributed by atoms with van der Waals surface area (Å²) < 4.78 is 50.4. The zero-order chi connectivity index (χ0) is 27.3. The van der Waals surface area contributed by atoms with E-state index in [-0.39, 0.29) is 30.9 Å². The van der Waals surface area contributed by atoms with Crippen molar-refractivity contribution in [2.24, 2.45) is 0 Å². The number of fused-ring (bicyclic) bond motifs is 1. The van der Waals surface area contributed by atoms with Crippen LogP contribution in [0.15, 0.2) is 9.59 Å². The third-order valence-electron chi connectivity index (χ3n) is 5.67. The maximum Gasteiger partial charge on any atom is 0.491 e. The number of hydrogen-bond acceptors (Lipinski definition) is 9. The molecule has 2 aromatic heterocycles. The van der Waals surface area contributed by atoms with Gasteiger partial charge in [0.2, 0.25) is 5.95 Å². The normalized spacial score (nSPS) is 14.8. The maximum absolute atomic E-state index is 13.5. The quantitative estimate of drug-likeness (QED) is 0.218. The van der Waals surface area contributed by atoms with Gasteiger partial charge in [-0.25, -0.2) is 14.4 Å². The van der Waals surface area contributed by atoms with Crippen molar-refractivity contribution in [3.8, 4) is 11.8 Å². The molecule has 0 spiro atoms. The Labute approximate surface area is 208 Å². The van der Waals surface area contributed by atoms with Crippen molar-refractivity contribution < 1.29 is 32.2 Å². The average Bonchev–Trinajstić information content (AvgIpc) is 3.23. The minimum absolute atomic E-state index is 0.0178. The number of rotatable bonds is 8. The number of nitrogens with one attached hydrogen (secondary N) is 1. The first-order valence-electron chi connectivity index (χ1n) is 11.5. The van der Waals surface area contributed by atoms with Crippen LogP contribution >= 0.6 is 0 Å². The van der Waals surface area contributed by atoms with Crippen molar-refractivity contribution in [2.45, 2.75) is 46.1 Å². The first-order valence-corrected chi connectivity index (χ1v) is 11.5. The molecule has 0 bridgehead atoms. The lowest BCUT2D eigenvalue weighted by Gasteiger charge is -2.28. The molecule has 0 aromatic carbocycles.